The molecule has 3 heterocycles. The van der Waals surface area contributed by atoms with Crippen molar-refractivity contribution in [1.82, 2.24) is 10.3 Å². The molecule has 2 aliphatic rings. The summed E-state index contributed by atoms with van der Waals surface area (Å²) in [5.41, 5.74) is 0.768. The summed E-state index contributed by atoms with van der Waals surface area (Å²) in [5.74, 6) is -0.257. The number of carboxylic acid groups (broad SMARTS) is 1. The number of rotatable bonds is 3. The highest BCUT2D eigenvalue weighted by molar-refractivity contribution is 5.93. The smallest absolute Gasteiger partial charge is 0.314 e. The van der Waals surface area contributed by atoms with E-state index < -0.39 is 17.3 Å². The summed E-state index contributed by atoms with van der Waals surface area (Å²) in [4.78, 5) is 30.5. The van der Waals surface area contributed by atoms with Crippen LogP contribution in [0.15, 0.2) is 24.3 Å². The van der Waals surface area contributed by atoms with Gasteiger partial charge in [0.05, 0.1) is 18.5 Å². The standard InChI is InChI=1S/C18H19N3O4/c1-10-5-15(20-14-6-11(25-2)3-4-12(10)14)21-7-13-16(22)19-8-18(13,9-21)17(23)24/h3-6,13H,7-9H2,1-2H3,(H,19,22)(H,23,24)/t13-,18+/m0/s1. The molecular formula is C18H19N3O4. The van der Waals surface area contributed by atoms with Crippen molar-refractivity contribution >= 4 is 28.6 Å². The van der Waals surface area contributed by atoms with Crippen LogP contribution in [-0.4, -0.2) is 48.7 Å². The molecule has 0 spiro atoms. The van der Waals surface area contributed by atoms with Gasteiger partial charge < -0.3 is 20.1 Å². The monoisotopic (exact) mass is 341 g/mol. The largest absolute Gasteiger partial charge is 0.497 e. The normalized spacial score (nSPS) is 25.1. The van der Waals surface area contributed by atoms with Crippen molar-refractivity contribution < 1.29 is 19.4 Å². The number of aryl methyl sites for hydroxylation is 1. The van der Waals surface area contributed by atoms with Gasteiger partial charge in [-0.2, -0.15) is 0 Å². The molecule has 0 aliphatic carbocycles. The molecule has 0 saturated carbocycles. The first-order chi connectivity index (χ1) is 11.9. The van der Waals surface area contributed by atoms with Crippen molar-refractivity contribution in [3.8, 4) is 5.75 Å². The molecule has 7 heteroatoms. The van der Waals surface area contributed by atoms with Gasteiger partial charge in [0.1, 0.15) is 17.0 Å². The molecule has 1 aromatic carbocycles. The number of nitrogens with one attached hydrogen (secondary N) is 1. The zero-order chi connectivity index (χ0) is 17.8. The summed E-state index contributed by atoms with van der Waals surface area (Å²) in [6.07, 6.45) is 0. The number of fused-ring (bicyclic) bond motifs is 2. The number of carbonyl (C=O) groups excluding carboxylic acids is 1. The molecular weight excluding hydrogens is 322 g/mol. The maximum absolute atomic E-state index is 12.1. The van der Waals surface area contributed by atoms with Crippen LogP contribution in [0.5, 0.6) is 5.75 Å². The van der Waals surface area contributed by atoms with Gasteiger partial charge >= 0.3 is 5.97 Å². The molecule has 25 heavy (non-hydrogen) atoms. The second-order valence-electron chi connectivity index (χ2n) is 6.79. The van der Waals surface area contributed by atoms with Gasteiger partial charge in [-0.1, -0.05) is 0 Å². The van der Waals surface area contributed by atoms with E-state index in [9.17, 15) is 14.7 Å². The van der Waals surface area contributed by atoms with Crippen LogP contribution < -0.4 is 15.0 Å². The summed E-state index contributed by atoms with van der Waals surface area (Å²) in [7, 11) is 1.61. The average Bonchev–Trinajstić information content (AvgIpc) is 3.13. The first kappa shape index (κ1) is 15.7. The van der Waals surface area contributed by atoms with Crippen LogP contribution in [0.2, 0.25) is 0 Å². The number of carbonyl (C=O) groups is 2. The van der Waals surface area contributed by atoms with Crippen LogP contribution in [0, 0.1) is 18.3 Å². The molecule has 4 rings (SSSR count). The van der Waals surface area contributed by atoms with Crippen LogP contribution >= 0.6 is 0 Å². The van der Waals surface area contributed by atoms with Gasteiger partial charge in [-0.05, 0) is 30.7 Å². The lowest BCUT2D eigenvalue weighted by Crippen LogP contribution is -2.40. The quantitative estimate of drug-likeness (QED) is 0.871. The van der Waals surface area contributed by atoms with Gasteiger partial charge in [0.25, 0.3) is 0 Å². The number of methoxy groups -OCH3 is 1. The van der Waals surface area contributed by atoms with Gasteiger partial charge in [0.2, 0.25) is 5.91 Å². The third-order valence-corrected chi connectivity index (χ3v) is 5.40. The third kappa shape index (κ3) is 2.22. The van der Waals surface area contributed by atoms with E-state index in [1.54, 1.807) is 7.11 Å². The lowest BCUT2D eigenvalue weighted by atomic mass is 9.81. The summed E-state index contributed by atoms with van der Waals surface area (Å²) in [6.45, 7) is 2.80. The lowest BCUT2D eigenvalue weighted by Gasteiger charge is -2.23. The van der Waals surface area contributed by atoms with Crippen molar-refractivity contribution in [3.05, 3.63) is 29.8 Å². The third-order valence-electron chi connectivity index (χ3n) is 5.40. The predicted octanol–water partition coefficient (Wildman–Crippen LogP) is 1.19. The Labute approximate surface area is 144 Å². The topological polar surface area (TPSA) is 91.8 Å². The second-order valence-corrected chi connectivity index (χ2v) is 6.79. The summed E-state index contributed by atoms with van der Waals surface area (Å²) >= 11 is 0. The SMILES string of the molecule is COc1ccc2c(C)cc(N3C[C@H]4C(=O)NC[C@@]4(C(=O)O)C3)nc2c1. The van der Waals surface area contributed by atoms with E-state index in [-0.39, 0.29) is 19.0 Å². The van der Waals surface area contributed by atoms with Gasteiger partial charge in [-0.15, -0.1) is 0 Å². The van der Waals surface area contributed by atoms with E-state index in [0.717, 1.165) is 22.2 Å². The Morgan fingerprint density at radius 3 is 2.92 bits per heavy atom. The van der Waals surface area contributed by atoms with Crippen molar-refractivity contribution in [2.45, 2.75) is 6.92 Å². The Hall–Kier alpha value is -2.83. The summed E-state index contributed by atoms with van der Waals surface area (Å²) in [6, 6.07) is 7.66. The van der Waals surface area contributed by atoms with Crippen LogP contribution in [0.1, 0.15) is 5.56 Å². The molecule has 1 aromatic heterocycles. The fourth-order valence-electron chi connectivity index (χ4n) is 3.91. The van der Waals surface area contributed by atoms with E-state index in [4.69, 9.17) is 9.72 Å². The number of ether oxygens (including phenoxy) is 1. The number of pyridine rings is 1. The Bertz CT molecular complexity index is 897. The zero-order valence-corrected chi connectivity index (χ0v) is 14.1. The van der Waals surface area contributed by atoms with E-state index in [1.165, 1.54) is 0 Å². The first-order valence-corrected chi connectivity index (χ1v) is 8.16. The molecule has 2 N–H and O–H groups in total. The fourth-order valence-corrected chi connectivity index (χ4v) is 3.91. The molecule has 1 amide bonds. The Kier molecular flexibility index (Phi) is 3.35. The van der Waals surface area contributed by atoms with Gasteiger partial charge in [0, 0.05) is 31.1 Å². The highest BCUT2D eigenvalue weighted by Crippen LogP contribution is 2.42. The van der Waals surface area contributed by atoms with Crippen molar-refractivity contribution in [2.24, 2.45) is 11.3 Å². The number of aliphatic carboxylic acids is 1. The molecule has 0 radical (unpaired) electrons. The molecule has 2 atom stereocenters. The Balaban J connectivity index is 1.75. The first-order valence-electron chi connectivity index (χ1n) is 8.16. The zero-order valence-electron chi connectivity index (χ0n) is 14.1. The highest BCUT2D eigenvalue weighted by Gasteiger charge is 2.59. The van der Waals surface area contributed by atoms with Gasteiger partial charge in [-0.25, -0.2) is 4.98 Å². The van der Waals surface area contributed by atoms with Crippen LogP contribution in [-0.2, 0) is 9.59 Å². The number of aromatic nitrogens is 1. The highest BCUT2D eigenvalue weighted by atomic mass is 16.5. The molecule has 2 aromatic rings. The van der Waals surface area contributed by atoms with Crippen molar-refractivity contribution in [1.29, 1.82) is 0 Å². The van der Waals surface area contributed by atoms with Crippen LogP contribution in [0.4, 0.5) is 5.82 Å². The minimum Gasteiger partial charge on any atom is -0.497 e. The predicted molar refractivity (Wildman–Crippen MR) is 91.8 cm³/mol. The molecule has 2 fully saturated rings. The number of hydrogen-bond acceptors (Lipinski definition) is 5. The van der Waals surface area contributed by atoms with E-state index in [0.29, 0.717) is 12.4 Å². The minimum atomic E-state index is -1.07. The Morgan fingerprint density at radius 1 is 1.44 bits per heavy atom. The summed E-state index contributed by atoms with van der Waals surface area (Å²) in [5, 5.41) is 13.4. The molecule has 7 nitrogen and oxygen atoms in total. The maximum Gasteiger partial charge on any atom is 0.314 e. The number of carboxylic acids is 1. The van der Waals surface area contributed by atoms with Crippen molar-refractivity contribution in [3.63, 3.8) is 0 Å². The second kappa shape index (κ2) is 5.34. The number of anilines is 1. The van der Waals surface area contributed by atoms with Crippen LogP contribution in [0.3, 0.4) is 0 Å². The molecule has 2 aliphatic heterocycles. The maximum atomic E-state index is 12.1. The molecule has 2 saturated heterocycles. The number of hydrogen-bond donors (Lipinski definition) is 2. The fraction of sp³-hybridized carbons (Fsp3) is 0.389. The van der Waals surface area contributed by atoms with E-state index in [1.807, 2.05) is 36.1 Å². The van der Waals surface area contributed by atoms with E-state index in [2.05, 4.69) is 5.32 Å². The average molecular weight is 341 g/mol. The number of benzene rings is 1. The molecule has 130 valence electrons. The number of nitrogens with zero attached hydrogens (tertiary/aromatic N) is 2. The van der Waals surface area contributed by atoms with Gasteiger partial charge in [-0.3, -0.25) is 9.59 Å². The van der Waals surface area contributed by atoms with Crippen molar-refractivity contribution in [2.75, 3.05) is 31.6 Å². The Morgan fingerprint density at radius 2 is 2.24 bits per heavy atom. The van der Waals surface area contributed by atoms with Crippen LogP contribution in [0.25, 0.3) is 10.9 Å². The number of amides is 1. The van der Waals surface area contributed by atoms with Gasteiger partial charge in [0.15, 0.2) is 0 Å². The van der Waals surface area contributed by atoms with E-state index >= 15 is 0 Å². The minimum absolute atomic E-state index is 0.169. The molecule has 0 unspecified atom stereocenters. The molecule has 0 bridgehead atoms. The summed E-state index contributed by atoms with van der Waals surface area (Å²) < 4.78 is 5.27. The lowest BCUT2D eigenvalue weighted by molar-refractivity contribution is -0.149.